The van der Waals surface area contributed by atoms with Gasteiger partial charge in [-0.1, -0.05) is 0 Å². The van der Waals surface area contributed by atoms with E-state index in [2.05, 4.69) is 10.3 Å². The van der Waals surface area contributed by atoms with Gasteiger partial charge in [0.05, 0.1) is 11.6 Å². The fourth-order valence-corrected chi connectivity index (χ4v) is 1.91. The number of hydrogen-bond acceptors (Lipinski definition) is 2. The highest BCUT2D eigenvalue weighted by molar-refractivity contribution is 5.78. The van der Waals surface area contributed by atoms with Crippen LogP contribution in [-0.2, 0) is 0 Å². The summed E-state index contributed by atoms with van der Waals surface area (Å²) in [5.41, 5.74) is 6.49. The number of nitrogens with one attached hydrogen (secondary N) is 2. The highest BCUT2D eigenvalue weighted by atomic mass is 16.2. The first kappa shape index (κ1) is 11.0. The van der Waals surface area contributed by atoms with E-state index >= 15 is 0 Å². The van der Waals surface area contributed by atoms with Gasteiger partial charge >= 0.3 is 6.03 Å². The minimum atomic E-state index is -0.296. The molecule has 16 heavy (non-hydrogen) atoms. The summed E-state index contributed by atoms with van der Waals surface area (Å²) in [6, 6.07) is 2.00. The Kier molecular flexibility index (Phi) is 2.63. The molecule has 1 atom stereocenters. The standard InChI is InChI=1S/C11H18N4O/c1-11(2,7-12)15-6-9(14-10(15)16)8-3-4-13-5-8/h3-5,9,13H,6-7,12H2,1-2H3,(H,14,16). The molecule has 2 heterocycles. The maximum atomic E-state index is 11.8. The molecule has 1 aromatic rings. The SMILES string of the molecule is CC(C)(CN)N1CC(c2cc[nH]c2)NC1=O. The molecule has 1 aromatic heterocycles. The highest BCUT2D eigenvalue weighted by Crippen LogP contribution is 2.25. The van der Waals surface area contributed by atoms with Crippen LogP contribution in [0.15, 0.2) is 18.5 Å². The van der Waals surface area contributed by atoms with E-state index in [1.165, 1.54) is 0 Å². The number of H-pyrrole nitrogens is 1. The van der Waals surface area contributed by atoms with Crippen LogP contribution in [-0.4, -0.2) is 34.5 Å². The van der Waals surface area contributed by atoms with Crippen LogP contribution in [0.5, 0.6) is 0 Å². The normalized spacial score (nSPS) is 21.3. The van der Waals surface area contributed by atoms with Crippen molar-refractivity contribution < 1.29 is 4.79 Å². The molecule has 2 amide bonds. The molecule has 1 aliphatic rings. The Labute approximate surface area is 95.0 Å². The Morgan fingerprint density at radius 2 is 2.38 bits per heavy atom. The summed E-state index contributed by atoms with van der Waals surface area (Å²) in [5.74, 6) is 0. The van der Waals surface area contributed by atoms with E-state index in [0.717, 1.165) is 5.56 Å². The van der Waals surface area contributed by atoms with Crippen molar-refractivity contribution in [2.24, 2.45) is 5.73 Å². The number of nitrogens with two attached hydrogens (primary N) is 1. The second kappa shape index (κ2) is 3.83. The number of carbonyl (C=O) groups is 1. The van der Waals surface area contributed by atoms with E-state index in [4.69, 9.17) is 5.73 Å². The number of carbonyl (C=O) groups excluding carboxylic acids is 1. The fourth-order valence-electron chi connectivity index (χ4n) is 1.91. The van der Waals surface area contributed by atoms with Crippen LogP contribution in [0, 0.1) is 0 Å². The molecule has 0 bridgehead atoms. The second-order valence-electron chi connectivity index (χ2n) is 4.77. The molecule has 1 aliphatic heterocycles. The van der Waals surface area contributed by atoms with Crippen LogP contribution in [0.4, 0.5) is 4.79 Å². The Morgan fingerprint density at radius 3 is 2.94 bits per heavy atom. The van der Waals surface area contributed by atoms with Gasteiger partial charge in [-0.25, -0.2) is 4.79 Å². The van der Waals surface area contributed by atoms with Gasteiger partial charge in [-0.3, -0.25) is 0 Å². The van der Waals surface area contributed by atoms with Crippen LogP contribution in [0.1, 0.15) is 25.5 Å². The van der Waals surface area contributed by atoms with E-state index in [0.29, 0.717) is 13.1 Å². The topological polar surface area (TPSA) is 74.2 Å². The van der Waals surface area contributed by atoms with Crippen molar-refractivity contribution >= 4 is 6.03 Å². The number of nitrogens with zero attached hydrogens (tertiary/aromatic N) is 1. The van der Waals surface area contributed by atoms with Gasteiger partial charge in [0.15, 0.2) is 0 Å². The molecular formula is C11H18N4O. The predicted octanol–water partition coefficient (Wildman–Crippen LogP) is 0.818. The van der Waals surface area contributed by atoms with Gasteiger partial charge in [0, 0.05) is 25.5 Å². The molecule has 4 N–H and O–H groups in total. The monoisotopic (exact) mass is 222 g/mol. The zero-order valence-electron chi connectivity index (χ0n) is 9.66. The third kappa shape index (κ3) is 1.78. The van der Waals surface area contributed by atoms with Crippen molar-refractivity contribution in [3.63, 3.8) is 0 Å². The van der Waals surface area contributed by atoms with Crippen LogP contribution < -0.4 is 11.1 Å². The summed E-state index contributed by atoms with van der Waals surface area (Å²) in [4.78, 5) is 16.6. The average Bonchev–Trinajstić information content (AvgIpc) is 2.85. The minimum Gasteiger partial charge on any atom is -0.367 e. The number of amides is 2. The van der Waals surface area contributed by atoms with E-state index < -0.39 is 0 Å². The molecule has 0 spiro atoms. The quantitative estimate of drug-likeness (QED) is 0.708. The maximum Gasteiger partial charge on any atom is 0.318 e. The molecule has 0 aromatic carbocycles. The number of aromatic amines is 1. The third-order valence-electron chi connectivity index (χ3n) is 3.16. The molecule has 0 radical (unpaired) electrons. The van der Waals surface area contributed by atoms with Crippen molar-refractivity contribution in [1.82, 2.24) is 15.2 Å². The third-order valence-corrected chi connectivity index (χ3v) is 3.16. The van der Waals surface area contributed by atoms with Gasteiger partial charge in [0.2, 0.25) is 0 Å². The molecule has 2 rings (SSSR count). The summed E-state index contributed by atoms with van der Waals surface area (Å²) in [6.07, 6.45) is 3.77. The van der Waals surface area contributed by atoms with Crippen LogP contribution in [0.25, 0.3) is 0 Å². The molecule has 0 saturated carbocycles. The maximum absolute atomic E-state index is 11.8. The first-order valence-electron chi connectivity index (χ1n) is 5.45. The lowest BCUT2D eigenvalue weighted by molar-refractivity contribution is 0.163. The molecule has 1 unspecified atom stereocenters. The first-order valence-corrected chi connectivity index (χ1v) is 5.45. The van der Waals surface area contributed by atoms with Gasteiger partial charge in [0.1, 0.15) is 0 Å². The lowest BCUT2D eigenvalue weighted by Crippen LogP contribution is -2.50. The lowest BCUT2D eigenvalue weighted by atomic mass is 10.0. The van der Waals surface area contributed by atoms with Crippen molar-refractivity contribution in [3.05, 3.63) is 24.0 Å². The van der Waals surface area contributed by atoms with Crippen LogP contribution in [0.3, 0.4) is 0 Å². The zero-order valence-corrected chi connectivity index (χ0v) is 9.66. The van der Waals surface area contributed by atoms with E-state index in [1.807, 2.05) is 32.3 Å². The summed E-state index contributed by atoms with van der Waals surface area (Å²) < 4.78 is 0. The van der Waals surface area contributed by atoms with E-state index in [1.54, 1.807) is 4.90 Å². The summed E-state index contributed by atoms with van der Waals surface area (Å²) in [5, 5.41) is 2.96. The Hall–Kier alpha value is -1.49. The average molecular weight is 222 g/mol. The smallest absolute Gasteiger partial charge is 0.318 e. The highest BCUT2D eigenvalue weighted by Gasteiger charge is 2.38. The largest absolute Gasteiger partial charge is 0.367 e. The van der Waals surface area contributed by atoms with Crippen LogP contribution in [0.2, 0.25) is 0 Å². The van der Waals surface area contributed by atoms with Gasteiger partial charge in [-0.15, -0.1) is 0 Å². The van der Waals surface area contributed by atoms with Crippen molar-refractivity contribution in [1.29, 1.82) is 0 Å². The molecule has 0 aliphatic carbocycles. The Bertz CT molecular complexity index is 371. The Balaban J connectivity index is 2.14. The number of aromatic nitrogens is 1. The van der Waals surface area contributed by atoms with Gasteiger partial charge in [-0.2, -0.15) is 0 Å². The van der Waals surface area contributed by atoms with E-state index in [-0.39, 0.29) is 17.6 Å². The number of urea groups is 1. The summed E-state index contributed by atoms with van der Waals surface area (Å²) in [6.45, 7) is 5.08. The van der Waals surface area contributed by atoms with Crippen molar-refractivity contribution in [2.75, 3.05) is 13.1 Å². The first-order chi connectivity index (χ1) is 7.54. The molecular weight excluding hydrogens is 204 g/mol. The molecule has 88 valence electrons. The molecule has 5 heteroatoms. The predicted molar refractivity (Wildman–Crippen MR) is 61.9 cm³/mol. The number of hydrogen-bond donors (Lipinski definition) is 3. The summed E-state index contributed by atoms with van der Waals surface area (Å²) in [7, 11) is 0. The fraction of sp³-hybridized carbons (Fsp3) is 0.545. The van der Waals surface area contributed by atoms with Gasteiger partial charge in [-0.05, 0) is 25.5 Å². The number of rotatable bonds is 3. The molecule has 5 nitrogen and oxygen atoms in total. The minimum absolute atomic E-state index is 0.0401. The van der Waals surface area contributed by atoms with Gasteiger partial charge < -0.3 is 20.9 Å². The lowest BCUT2D eigenvalue weighted by Gasteiger charge is -2.33. The van der Waals surface area contributed by atoms with Crippen LogP contribution >= 0.6 is 0 Å². The van der Waals surface area contributed by atoms with Crippen molar-refractivity contribution in [2.45, 2.75) is 25.4 Å². The molecule has 1 saturated heterocycles. The zero-order chi connectivity index (χ0) is 11.8. The van der Waals surface area contributed by atoms with Crippen molar-refractivity contribution in [3.8, 4) is 0 Å². The second-order valence-corrected chi connectivity index (χ2v) is 4.77. The Morgan fingerprint density at radius 1 is 1.62 bits per heavy atom. The van der Waals surface area contributed by atoms with Gasteiger partial charge in [0.25, 0.3) is 0 Å². The van der Waals surface area contributed by atoms with E-state index in [9.17, 15) is 4.79 Å². The molecule has 1 fully saturated rings. The summed E-state index contributed by atoms with van der Waals surface area (Å²) >= 11 is 0.